The van der Waals surface area contributed by atoms with Crippen LogP contribution in [0.15, 0.2) is 30.3 Å². The summed E-state index contributed by atoms with van der Waals surface area (Å²) in [5, 5.41) is 23.6. The number of hydrogen-bond donors (Lipinski definition) is 2. The third kappa shape index (κ3) is 3.03. The summed E-state index contributed by atoms with van der Waals surface area (Å²) >= 11 is 0. The van der Waals surface area contributed by atoms with Crippen molar-refractivity contribution in [3.8, 4) is 5.75 Å². The Bertz CT molecular complexity index is 656. The van der Waals surface area contributed by atoms with Gasteiger partial charge in [0.15, 0.2) is 0 Å². The van der Waals surface area contributed by atoms with Crippen LogP contribution in [0.5, 0.6) is 5.75 Å². The molecule has 104 valence electrons. The zero-order valence-electron chi connectivity index (χ0n) is 11.3. The van der Waals surface area contributed by atoms with Gasteiger partial charge in [-0.15, -0.1) is 0 Å². The van der Waals surface area contributed by atoms with Crippen LogP contribution in [0.2, 0.25) is 0 Å². The van der Waals surface area contributed by atoms with Gasteiger partial charge >= 0.3 is 0 Å². The third-order valence-corrected chi connectivity index (χ3v) is 2.96. The van der Waals surface area contributed by atoms with Gasteiger partial charge in [0.2, 0.25) is 0 Å². The fourth-order valence-corrected chi connectivity index (χ4v) is 1.84. The zero-order chi connectivity index (χ0) is 14.7. The molecule has 0 saturated carbocycles. The first-order valence-corrected chi connectivity index (χ1v) is 6.12. The number of anilines is 1. The van der Waals surface area contributed by atoms with E-state index in [0.29, 0.717) is 23.5 Å². The molecule has 2 N–H and O–H groups in total. The maximum absolute atomic E-state index is 10.9. The number of aryl methyl sites for hydroxylation is 2. The van der Waals surface area contributed by atoms with Gasteiger partial charge in [0.25, 0.3) is 5.69 Å². The van der Waals surface area contributed by atoms with E-state index in [2.05, 4.69) is 10.3 Å². The lowest BCUT2D eigenvalue weighted by molar-refractivity contribution is -0.385. The Morgan fingerprint density at radius 2 is 2.05 bits per heavy atom. The third-order valence-electron chi connectivity index (χ3n) is 2.96. The summed E-state index contributed by atoms with van der Waals surface area (Å²) in [5.74, 6) is 0.102. The SMILES string of the molecule is Cc1ccc(O)c(CNc2ccc(C)c([N+](=O)[O-])c2)n1. The second kappa shape index (κ2) is 5.56. The number of hydrogen-bond acceptors (Lipinski definition) is 5. The molecule has 0 atom stereocenters. The van der Waals surface area contributed by atoms with Crippen molar-refractivity contribution in [2.75, 3.05) is 5.32 Å². The summed E-state index contributed by atoms with van der Waals surface area (Å²) in [4.78, 5) is 14.7. The van der Waals surface area contributed by atoms with Gasteiger partial charge in [0.1, 0.15) is 11.4 Å². The number of rotatable bonds is 4. The summed E-state index contributed by atoms with van der Waals surface area (Å²) < 4.78 is 0. The first-order valence-electron chi connectivity index (χ1n) is 6.12. The highest BCUT2D eigenvalue weighted by molar-refractivity contribution is 5.55. The molecule has 0 amide bonds. The van der Waals surface area contributed by atoms with Gasteiger partial charge < -0.3 is 10.4 Å². The van der Waals surface area contributed by atoms with E-state index in [1.54, 1.807) is 31.2 Å². The van der Waals surface area contributed by atoms with E-state index in [1.807, 2.05) is 6.92 Å². The molecule has 2 aromatic rings. The molecule has 1 heterocycles. The maximum Gasteiger partial charge on any atom is 0.274 e. The van der Waals surface area contributed by atoms with Gasteiger partial charge in [-0.2, -0.15) is 0 Å². The Balaban J connectivity index is 2.17. The Morgan fingerprint density at radius 3 is 2.75 bits per heavy atom. The summed E-state index contributed by atoms with van der Waals surface area (Å²) in [6, 6.07) is 8.22. The first kappa shape index (κ1) is 13.8. The Kier molecular flexibility index (Phi) is 3.84. The van der Waals surface area contributed by atoms with Gasteiger partial charge in [-0.25, -0.2) is 0 Å². The molecule has 2 rings (SSSR count). The highest BCUT2D eigenvalue weighted by Gasteiger charge is 2.11. The van der Waals surface area contributed by atoms with Gasteiger partial charge in [-0.1, -0.05) is 6.07 Å². The predicted molar refractivity (Wildman–Crippen MR) is 75.8 cm³/mol. The van der Waals surface area contributed by atoms with Crippen molar-refractivity contribution in [1.29, 1.82) is 0 Å². The summed E-state index contributed by atoms with van der Waals surface area (Å²) in [6.45, 7) is 3.82. The summed E-state index contributed by atoms with van der Waals surface area (Å²) in [7, 11) is 0. The number of aromatic nitrogens is 1. The van der Waals surface area contributed by atoms with Crippen molar-refractivity contribution >= 4 is 11.4 Å². The normalized spacial score (nSPS) is 10.3. The van der Waals surface area contributed by atoms with E-state index in [0.717, 1.165) is 5.69 Å². The maximum atomic E-state index is 10.9. The number of nitrogens with one attached hydrogen (secondary N) is 1. The van der Waals surface area contributed by atoms with Crippen molar-refractivity contribution in [3.63, 3.8) is 0 Å². The smallest absolute Gasteiger partial charge is 0.274 e. The largest absolute Gasteiger partial charge is 0.506 e. The second-order valence-corrected chi connectivity index (χ2v) is 4.53. The number of pyridine rings is 1. The standard InChI is InChI=1S/C14H15N3O3/c1-9-3-5-11(7-13(9)17(19)20)15-8-12-14(18)6-4-10(2)16-12/h3-7,15,18H,8H2,1-2H3. The molecule has 1 aromatic heterocycles. The van der Waals surface area contributed by atoms with E-state index >= 15 is 0 Å². The molecule has 0 radical (unpaired) electrons. The quantitative estimate of drug-likeness (QED) is 0.660. The van der Waals surface area contributed by atoms with Crippen molar-refractivity contribution < 1.29 is 10.0 Å². The van der Waals surface area contributed by atoms with Gasteiger partial charge in [-0.05, 0) is 32.0 Å². The predicted octanol–water partition coefficient (Wildman–Crippen LogP) is 2.92. The molecule has 0 saturated heterocycles. The second-order valence-electron chi connectivity index (χ2n) is 4.53. The van der Waals surface area contributed by atoms with E-state index in [1.165, 1.54) is 6.07 Å². The van der Waals surface area contributed by atoms with E-state index in [-0.39, 0.29) is 11.4 Å². The van der Waals surface area contributed by atoms with Crippen LogP contribution >= 0.6 is 0 Å². The van der Waals surface area contributed by atoms with Crippen LogP contribution in [0.25, 0.3) is 0 Å². The molecule has 0 aliphatic rings. The van der Waals surface area contributed by atoms with E-state index < -0.39 is 4.92 Å². The van der Waals surface area contributed by atoms with Crippen LogP contribution in [0.4, 0.5) is 11.4 Å². The minimum absolute atomic E-state index is 0.0661. The van der Waals surface area contributed by atoms with Crippen molar-refractivity contribution in [2.45, 2.75) is 20.4 Å². The molecular weight excluding hydrogens is 258 g/mol. The number of nitro groups is 1. The number of aromatic hydroxyl groups is 1. The molecule has 0 bridgehead atoms. The molecule has 20 heavy (non-hydrogen) atoms. The molecule has 0 spiro atoms. The van der Waals surface area contributed by atoms with E-state index in [9.17, 15) is 15.2 Å². The Morgan fingerprint density at radius 1 is 1.30 bits per heavy atom. The monoisotopic (exact) mass is 273 g/mol. The molecule has 0 aliphatic heterocycles. The Labute approximate surface area is 116 Å². The van der Waals surface area contributed by atoms with Gasteiger partial charge in [0, 0.05) is 23.0 Å². The van der Waals surface area contributed by atoms with E-state index in [4.69, 9.17) is 0 Å². The van der Waals surface area contributed by atoms with Crippen LogP contribution in [0, 0.1) is 24.0 Å². The van der Waals surface area contributed by atoms with Gasteiger partial charge in [0.05, 0.1) is 11.5 Å². The summed E-state index contributed by atoms with van der Waals surface area (Å²) in [6.07, 6.45) is 0. The fourth-order valence-electron chi connectivity index (χ4n) is 1.84. The van der Waals surface area contributed by atoms with Gasteiger partial charge in [-0.3, -0.25) is 15.1 Å². The number of nitro benzene ring substituents is 1. The minimum atomic E-state index is -0.414. The topological polar surface area (TPSA) is 88.3 Å². The number of benzene rings is 1. The Hall–Kier alpha value is -2.63. The summed E-state index contributed by atoms with van der Waals surface area (Å²) in [5.41, 5.74) is 2.60. The van der Waals surface area contributed by atoms with Crippen molar-refractivity contribution in [2.24, 2.45) is 0 Å². The molecule has 1 aromatic carbocycles. The molecule has 6 heteroatoms. The minimum Gasteiger partial charge on any atom is -0.506 e. The lowest BCUT2D eigenvalue weighted by Gasteiger charge is -2.08. The van der Waals surface area contributed by atoms with Crippen LogP contribution in [-0.2, 0) is 6.54 Å². The average Bonchev–Trinajstić information content (AvgIpc) is 2.41. The number of nitrogens with zero attached hydrogens (tertiary/aromatic N) is 2. The average molecular weight is 273 g/mol. The lowest BCUT2D eigenvalue weighted by atomic mass is 10.2. The first-order chi connectivity index (χ1) is 9.47. The highest BCUT2D eigenvalue weighted by Crippen LogP contribution is 2.23. The van der Waals surface area contributed by atoms with Crippen molar-refractivity contribution in [3.05, 3.63) is 57.4 Å². The van der Waals surface area contributed by atoms with Crippen LogP contribution in [-0.4, -0.2) is 15.0 Å². The lowest BCUT2D eigenvalue weighted by Crippen LogP contribution is -2.03. The van der Waals surface area contributed by atoms with Crippen LogP contribution in [0.1, 0.15) is 17.0 Å². The molecule has 0 unspecified atom stereocenters. The molecule has 0 aliphatic carbocycles. The van der Waals surface area contributed by atoms with Crippen LogP contribution in [0.3, 0.4) is 0 Å². The van der Waals surface area contributed by atoms with Crippen molar-refractivity contribution in [1.82, 2.24) is 4.98 Å². The molecule has 0 fully saturated rings. The zero-order valence-corrected chi connectivity index (χ0v) is 11.3. The fraction of sp³-hybridized carbons (Fsp3) is 0.214. The highest BCUT2D eigenvalue weighted by atomic mass is 16.6. The van der Waals surface area contributed by atoms with Crippen LogP contribution < -0.4 is 5.32 Å². The molecule has 6 nitrogen and oxygen atoms in total. The molecular formula is C14H15N3O3.